The summed E-state index contributed by atoms with van der Waals surface area (Å²) in [6, 6.07) is 0. The van der Waals surface area contributed by atoms with E-state index < -0.39 is 6.17 Å². The SMILES string of the molecule is CCC(F)C(Br)CCl. The third kappa shape index (κ3) is 2.88. The number of rotatable bonds is 3. The Morgan fingerprint density at radius 3 is 2.38 bits per heavy atom. The highest BCUT2D eigenvalue weighted by Crippen LogP contribution is 2.13. The smallest absolute Gasteiger partial charge is 0.113 e. The molecule has 0 rings (SSSR count). The summed E-state index contributed by atoms with van der Waals surface area (Å²) >= 11 is 8.43. The van der Waals surface area contributed by atoms with Crippen molar-refractivity contribution in [1.29, 1.82) is 0 Å². The van der Waals surface area contributed by atoms with Crippen LogP contribution in [0.5, 0.6) is 0 Å². The molecule has 3 heteroatoms. The van der Waals surface area contributed by atoms with Crippen LogP contribution in [0.3, 0.4) is 0 Å². The highest BCUT2D eigenvalue weighted by Gasteiger charge is 2.13. The van der Waals surface area contributed by atoms with Crippen LogP contribution in [0.1, 0.15) is 13.3 Å². The highest BCUT2D eigenvalue weighted by molar-refractivity contribution is 9.09. The second-order valence-electron chi connectivity index (χ2n) is 1.59. The molecule has 2 unspecified atom stereocenters. The van der Waals surface area contributed by atoms with Crippen molar-refractivity contribution in [2.45, 2.75) is 24.3 Å². The topological polar surface area (TPSA) is 0 Å². The quantitative estimate of drug-likeness (QED) is 0.619. The lowest BCUT2D eigenvalue weighted by molar-refractivity contribution is 0.327. The number of hydrogen-bond donors (Lipinski definition) is 0. The molecule has 2 atom stereocenters. The Kier molecular flexibility index (Phi) is 4.97. The van der Waals surface area contributed by atoms with E-state index >= 15 is 0 Å². The predicted octanol–water partition coefficient (Wildman–Crippen LogP) is 2.74. The highest BCUT2D eigenvalue weighted by atomic mass is 79.9. The first-order valence-corrected chi connectivity index (χ1v) is 4.01. The van der Waals surface area contributed by atoms with Crippen LogP contribution in [0.15, 0.2) is 0 Å². The molecule has 0 aliphatic heterocycles. The van der Waals surface area contributed by atoms with Gasteiger partial charge in [0.25, 0.3) is 0 Å². The van der Waals surface area contributed by atoms with Gasteiger partial charge in [0.05, 0.1) is 4.83 Å². The van der Waals surface area contributed by atoms with Crippen LogP contribution >= 0.6 is 27.5 Å². The van der Waals surface area contributed by atoms with Gasteiger partial charge in [0, 0.05) is 5.88 Å². The van der Waals surface area contributed by atoms with Crippen LogP contribution in [0.2, 0.25) is 0 Å². The molecular weight excluding hydrogens is 194 g/mol. The molecule has 0 heterocycles. The maximum absolute atomic E-state index is 12.4. The molecule has 0 amide bonds. The molecule has 0 aromatic carbocycles. The Bertz CT molecular complexity index is 52.4. The molecule has 0 saturated carbocycles. The van der Waals surface area contributed by atoms with E-state index in [1.54, 1.807) is 6.92 Å². The third-order valence-electron chi connectivity index (χ3n) is 0.930. The van der Waals surface area contributed by atoms with E-state index in [1.807, 2.05) is 0 Å². The Labute approximate surface area is 62.5 Å². The molecular formula is C5H9BrClF. The van der Waals surface area contributed by atoms with Gasteiger partial charge in [-0.25, -0.2) is 4.39 Å². The maximum Gasteiger partial charge on any atom is 0.113 e. The van der Waals surface area contributed by atoms with Crippen molar-refractivity contribution in [3.8, 4) is 0 Å². The van der Waals surface area contributed by atoms with E-state index in [9.17, 15) is 4.39 Å². The van der Waals surface area contributed by atoms with Gasteiger partial charge in [-0.05, 0) is 6.42 Å². The fraction of sp³-hybridized carbons (Fsp3) is 1.00. The molecule has 0 aromatic rings. The zero-order valence-electron chi connectivity index (χ0n) is 4.70. The Morgan fingerprint density at radius 2 is 2.25 bits per heavy atom. The molecule has 50 valence electrons. The second kappa shape index (κ2) is 4.57. The maximum atomic E-state index is 12.4. The first kappa shape index (κ1) is 8.70. The molecule has 0 aromatic heterocycles. The summed E-state index contributed by atoms with van der Waals surface area (Å²) in [6.45, 7) is 1.80. The average molecular weight is 203 g/mol. The molecule has 0 nitrogen and oxygen atoms in total. The van der Waals surface area contributed by atoms with Gasteiger partial charge in [0.15, 0.2) is 0 Å². The van der Waals surface area contributed by atoms with E-state index in [4.69, 9.17) is 11.6 Å². The molecule has 0 spiro atoms. The van der Waals surface area contributed by atoms with Crippen LogP contribution in [0, 0.1) is 0 Å². The zero-order chi connectivity index (χ0) is 6.57. The fourth-order valence-corrected chi connectivity index (χ4v) is 0.920. The van der Waals surface area contributed by atoms with Crippen LogP contribution < -0.4 is 0 Å². The van der Waals surface area contributed by atoms with Crippen LogP contribution in [0.4, 0.5) is 4.39 Å². The van der Waals surface area contributed by atoms with Crippen molar-refractivity contribution < 1.29 is 4.39 Å². The normalized spacial score (nSPS) is 18.0. The Hall–Kier alpha value is 0.700. The van der Waals surface area contributed by atoms with Crippen molar-refractivity contribution in [3.63, 3.8) is 0 Å². The fourth-order valence-electron chi connectivity index (χ4n) is 0.352. The van der Waals surface area contributed by atoms with Gasteiger partial charge in [0.2, 0.25) is 0 Å². The largest absolute Gasteiger partial charge is 0.246 e. The molecule has 0 saturated heterocycles. The third-order valence-corrected chi connectivity index (χ3v) is 2.53. The zero-order valence-corrected chi connectivity index (χ0v) is 7.04. The molecule has 0 fully saturated rings. The lowest BCUT2D eigenvalue weighted by Gasteiger charge is -2.07. The summed E-state index contributed by atoms with van der Waals surface area (Å²) in [6.07, 6.45) is -0.268. The first-order chi connectivity index (χ1) is 3.72. The standard InChI is InChI=1S/C5H9BrClF/c1-2-5(8)4(6)3-7/h4-5H,2-3H2,1H3. The minimum atomic E-state index is -0.799. The van der Waals surface area contributed by atoms with Gasteiger partial charge in [-0.3, -0.25) is 0 Å². The monoisotopic (exact) mass is 202 g/mol. The summed E-state index contributed by atoms with van der Waals surface area (Å²) in [4.78, 5) is -0.172. The van der Waals surface area contributed by atoms with Gasteiger partial charge < -0.3 is 0 Å². The minimum absolute atomic E-state index is 0.172. The lowest BCUT2D eigenvalue weighted by atomic mass is 10.2. The van der Waals surface area contributed by atoms with Crippen LogP contribution in [0.25, 0.3) is 0 Å². The number of halogens is 3. The van der Waals surface area contributed by atoms with Gasteiger partial charge in [0.1, 0.15) is 6.17 Å². The van der Waals surface area contributed by atoms with E-state index in [2.05, 4.69) is 15.9 Å². The lowest BCUT2D eigenvalue weighted by Crippen LogP contribution is -2.15. The van der Waals surface area contributed by atoms with Crippen molar-refractivity contribution >= 4 is 27.5 Å². The van der Waals surface area contributed by atoms with Crippen molar-refractivity contribution in [1.82, 2.24) is 0 Å². The Balaban J connectivity index is 3.29. The molecule has 8 heavy (non-hydrogen) atoms. The minimum Gasteiger partial charge on any atom is -0.246 e. The van der Waals surface area contributed by atoms with Crippen molar-refractivity contribution in [2.75, 3.05) is 5.88 Å². The molecule has 0 radical (unpaired) electrons. The Morgan fingerprint density at radius 1 is 1.75 bits per heavy atom. The summed E-state index contributed by atoms with van der Waals surface area (Å²) in [5, 5.41) is 0. The molecule has 0 aliphatic rings. The summed E-state index contributed by atoms with van der Waals surface area (Å²) in [5.74, 6) is 0.342. The average Bonchev–Trinajstić information content (AvgIpc) is 1.84. The molecule has 0 N–H and O–H groups in total. The summed E-state index contributed by atoms with van der Waals surface area (Å²) in [7, 11) is 0. The van der Waals surface area contributed by atoms with E-state index in [0.717, 1.165) is 0 Å². The second-order valence-corrected chi connectivity index (χ2v) is 3.08. The van der Waals surface area contributed by atoms with E-state index in [-0.39, 0.29) is 4.83 Å². The predicted molar refractivity (Wildman–Crippen MR) is 38.6 cm³/mol. The van der Waals surface area contributed by atoms with Crippen molar-refractivity contribution in [3.05, 3.63) is 0 Å². The van der Waals surface area contributed by atoms with Gasteiger partial charge in [-0.2, -0.15) is 0 Å². The van der Waals surface area contributed by atoms with E-state index in [0.29, 0.717) is 12.3 Å². The van der Waals surface area contributed by atoms with Crippen LogP contribution in [-0.2, 0) is 0 Å². The first-order valence-electron chi connectivity index (χ1n) is 2.56. The van der Waals surface area contributed by atoms with E-state index in [1.165, 1.54) is 0 Å². The van der Waals surface area contributed by atoms with Gasteiger partial charge in [-0.1, -0.05) is 22.9 Å². The molecule has 0 bridgehead atoms. The molecule has 0 aliphatic carbocycles. The number of alkyl halides is 3. The van der Waals surface area contributed by atoms with Crippen LogP contribution in [-0.4, -0.2) is 16.9 Å². The summed E-state index contributed by atoms with van der Waals surface area (Å²) < 4.78 is 12.4. The summed E-state index contributed by atoms with van der Waals surface area (Å²) in [5.41, 5.74) is 0. The van der Waals surface area contributed by atoms with Gasteiger partial charge in [-0.15, -0.1) is 11.6 Å². The number of hydrogen-bond acceptors (Lipinski definition) is 0. The van der Waals surface area contributed by atoms with Crippen molar-refractivity contribution in [2.24, 2.45) is 0 Å². The van der Waals surface area contributed by atoms with Gasteiger partial charge >= 0.3 is 0 Å².